The second-order valence-corrected chi connectivity index (χ2v) is 8.20. The molecule has 2 heterocycles. The van der Waals surface area contributed by atoms with Gasteiger partial charge in [0.05, 0.1) is 29.0 Å². The lowest BCUT2D eigenvalue weighted by Crippen LogP contribution is -2.16. The number of phenolic OH excluding ortho intramolecular Hbond substituents is 1. The van der Waals surface area contributed by atoms with Crippen LogP contribution >= 0.6 is 11.8 Å². The van der Waals surface area contributed by atoms with Gasteiger partial charge in [-0.3, -0.25) is 14.6 Å². The van der Waals surface area contributed by atoms with Crippen LogP contribution in [0.5, 0.6) is 11.5 Å². The molecule has 1 aliphatic carbocycles. The van der Waals surface area contributed by atoms with E-state index in [4.69, 9.17) is 9.73 Å². The Bertz CT molecular complexity index is 909. The Labute approximate surface area is 156 Å². The van der Waals surface area contributed by atoms with Gasteiger partial charge in [-0.2, -0.15) is 0 Å². The van der Waals surface area contributed by atoms with E-state index in [9.17, 15) is 9.90 Å². The lowest BCUT2D eigenvalue weighted by Gasteiger charge is -2.26. The number of thioether (sulfide) groups is 1. The maximum absolute atomic E-state index is 12.8. The van der Waals surface area contributed by atoms with Crippen molar-refractivity contribution in [1.29, 1.82) is 0 Å². The molecular weight excluding hydrogens is 350 g/mol. The second kappa shape index (κ2) is 6.87. The van der Waals surface area contributed by atoms with Crippen molar-refractivity contribution >= 4 is 22.6 Å². The first kappa shape index (κ1) is 17.3. The van der Waals surface area contributed by atoms with Gasteiger partial charge in [0.15, 0.2) is 17.3 Å². The normalized spacial score (nSPS) is 20.5. The number of aliphatic imine (C=N–C) groups is 1. The predicted molar refractivity (Wildman–Crippen MR) is 104 cm³/mol. The first-order valence-corrected chi connectivity index (χ1v) is 9.89. The largest absolute Gasteiger partial charge is 0.504 e. The maximum atomic E-state index is 12.8. The van der Waals surface area contributed by atoms with Crippen molar-refractivity contribution in [1.82, 2.24) is 9.78 Å². The van der Waals surface area contributed by atoms with E-state index in [0.29, 0.717) is 17.4 Å². The Morgan fingerprint density at radius 2 is 2.08 bits per heavy atom. The number of methoxy groups -OCH3 is 1. The Balaban J connectivity index is 1.81. The minimum atomic E-state index is -0.161. The standard InChI is InChI=1S/C19H23N3O3S/c1-11-20-18-16(19(24)21-22(18)13-6-4-3-5-7-13)17(26-11)12-8-9-14(23)15(10-12)25-2/h8-10,13,17,23H,3-7H2,1-2H3,(H,21,24)/t17-/m1/s1. The van der Waals surface area contributed by atoms with Crippen LogP contribution in [0.2, 0.25) is 0 Å². The van der Waals surface area contributed by atoms with Crippen molar-refractivity contribution in [2.75, 3.05) is 7.11 Å². The number of fused-ring (bicyclic) bond motifs is 1. The summed E-state index contributed by atoms with van der Waals surface area (Å²) in [5.74, 6) is 1.26. The van der Waals surface area contributed by atoms with Crippen molar-refractivity contribution in [2.45, 2.75) is 50.3 Å². The van der Waals surface area contributed by atoms with E-state index in [2.05, 4.69) is 5.10 Å². The first-order chi connectivity index (χ1) is 12.6. The van der Waals surface area contributed by atoms with E-state index in [1.807, 2.05) is 17.7 Å². The highest BCUT2D eigenvalue weighted by Gasteiger charge is 2.32. The zero-order valence-electron chi connectivity index (χ0n) is 15.0. The highest BCUT2D eigenvalue weighted by Crippen LogP contribution is 2.46. The highest BCUT2D eigenvalue weighted by atomic mass is 32.2. The number of aromatic hydroxyl groups is 1. The number of aromatic nitrogens is 2. The molecule has 0 bridgehead atoms. The number of aromatic amines is 1. The highest BCUT2D eigenvalue weighted by molar-refractivity contribution is 8.14. The molecule has 26 heavy (non-hydrogen) atoms. The number of hydrogen-bond donors (Lipinski definition) is 2. The third-order valence-electron chi connectivity index (χ3n) is 5.20. The molecule has 7 heteroatoms. The van der Waals surface area contributed by atoms with Crippen LogP contribution in [0.1, 0.15) is 61.4 Å². The van der Waals surface area contributed by atoms with Gasteiger partial charge in [-0.1, -0.05) is 37.1 Å². The molecule has 138 valence electrons. The van der Waals surface area contributed by atoms with Crippen molar-refractivity contribution < 1.29 is 9.84 Å². The number of ether oxygens (including phenoxy) is 1. The van der Waals surface area contributed by atoms with Gasteiger partial charge in [0.2, 0.25) is 0 Å². The molecule has 0 saturated heterocycles. The molecule has 0 amide bonds. The number of phenols is 1. The fraction of sp³-hybridized carbons (Fsp3) is 0.474. The van der Waals surface area contributed by atoms with Gasteiger partial charge in [0.1, 0.15) is 0 Å². The number of H-pyrrole nitrogens is 1. The summed E-state index contributed by atoms with van der Waals surface area (Å²) in [5, 5.41) is 13.7. The molecule has 0 unspecified atom stereocenters. The SMILES string of the molecule is COc1cc([C@H]2SC(C)=Nc3c2c(=O)[nH]n3C2CCCCC2)ccc1O. The van der Waals surface area contributed by atoms with Crippen LogP contribution in [0.4, 0.5) is 5.82 Å². The molecule has 1 fully saturated rings. The van der Waals surface area contributed by atoms with Gasteiger partial charge in [-0.15, -0.1) is 0 Å². The summed E-state index contributed by atoms with van der Waals surface area (Å²) in [7, 11) is 1.53. The quantitative estimate of drug-likeness (QED) is 0.841. The Kier molecular flexibility index (Phi) is 4.56. The molecule has 6 nitrogen and oxygen atoms in total. The number of nitrogens with one attached hydrogen (secondary N) is 1. The molecule has 1 aliphatic heterocycles. The molecule has 2 N–H and O–H groups in total. The lowest BCUT2D eigenvalue weighted by atomic mass is 9.95. The molecule has 0 radical (unpaired) electrons. The van der Waals surface area contributed by atoms with Crippen LogP contribution in [0.3, 0.4) is 0 Å². The number of benzene rings is 1. The zero-order chi connectivity index (χ0) is 18.3. The molecule has 2 aliphatic rings. The third-order valence-corrected chi connectivity index (χ3v) is 6.37. The summed E-state index contributed by atoms with van der Waals surface area (Å²) in [6, 6.07) is 5.57. The molecule has 0 spiro atoms. The van der Waals surface area contributed by atoms with E-state index in [-0.39, 0.29) is 16.6 Å². The fourth-order valence-corrected chi connectivity index (χ4v) is 5.00. The summed E-state index contributed by atoms with van der Waals surface area (Å²) in [4.78, 5) is 17.5. The average molecular weight is 373 g/mol. The monoisotopic (exact) mass is 373 g/mol. The smallest absolute Gasteiger partial charge is 0.271 e. The predicted octanol–water partition coefficient (Wildman–Crippen LogP) is 4.28. The van der Waals surface area contributed by atoms with Gasteiger partial charge in [0.25, 0.3) is 5.56 Å². The number of nitrogens with zero attached hydrogens (tertiary/aromatic N) is 2. The lowest BCUT2D eigenvalue weighted by molar-refractivity contribution is 0.331. The molecule has 2 aromatic rings. The summed E-state index contributed by atoms with van der Waals surface area (Å²) in [6.45, 7) is 1.97. The molecule has 1 aromatic heterocycles. The van der Waals surface area contributed by atoms with E-state index in [0.717, 1.165) is 29.3 Å². The van der Waals surface area contributed by atoms with Crippen LogP contribution in [0, 0.1) is 0 Å². The Morgan fingerprint density at radius 1 is 1.31 bits per heavy atom. The van der Waals surface area contributed by atoms with E-state index in [1.165, 1.54) is 26.4 Å². The average Bonchev–Trinajstić information content (AvgIpc) is 2.98. The topological polar surface area (TPSA) is 79.6 Å². The summed E-state index contributed by atoms with van der Waals surface area (Å²) in [6.07, 6.45) is 5.80. The Hall–Kier alpha value is -2.15. The van der Waals surface area contributed by atoms with Crippen molar-refractivity contribution in [3.63, 3.8) is 0 Å². The summed E-state index contributed by atoms with van der Waals surface area (Å²) >= 11 is 1.56. The molecule has 1 saturated carbocycles. The van der Waals surface area contributed by atoms with Crippen molar-refractivity contribution in [3.05, 3.63) is 39.7 Å². The second-order valence-electron chi connectivity index (χ2n) is 6.90. The minimum absolute atomic E-state index is 0.0774. The van der Waals surface area contributed by atoms with Crippen LogP contribution in [0.15, 0.2) is 28.0 Å². The molecule has 1 aromatic carbocycles. The van der Waals surface area contributed by atoms with Gasteiger partial charge < -0.3 is 9.84 Å². The minimum Gasteiger partial charge on any atom is -0.504 e. The van der Waals surface area contributed by atoms with Crippen LogP contribution < -0.4 is 10.3 Å². The molecule has 4 rings (SSSR count). The zero-order valence-corrected chi connectivity index (χ0v) is 15.8. The van der Waals surface area contributed by atoms with Crippen LogP contribution in [-0.2, 0) is 0 Å². The number of hydrogen-bond acceptors (Lipinski definition) is 5. The van der Waals surface area contributed by atoms with E-state index >= 15 is 0 Å². The number of rotatable bonds is 3. The molecule has 1 atom stereocenters. The third kappa shape index (κ3) is 2.94. The Morgan fingerprint density at radius 3 is 2.81 bits per heavy atom. The van der Waals surface area contributed by atoms with E-state index < -0.39 is 0 Å². The summed E-state index contributed by atoms with van der Waals surface area (Å²) < 4.78 is 7.23. The van der Waals surface area contributed by atoms with Gasteiger partial charge in [0, 0.05) is 0 Å². The first-order valence-electron chi connectivity index (χ1n) is 9.01. The maximum Gasteiger partial charge on any atom is 0.271 e. The van der Waals surface area contributed by atoms with Crippen molar-refractivity contribution in [3.8, 4) is 11.5 Å². The van der Waals surface area contributed by atoms with Gasteiger partial charge in [-0.25, -0.2) is 4.99 Å². The van der Waals surface area contributed by atoms with Gasteiger partial charge >= 0.3 is 0 Å². The fourth-order valence-electron chi connectivity index (χ4n) is 3.90. The van der Waals surface area contributed by atoms with Gasteiger partial charge in [-0.05, 0) is 37.5 Å². The van der Waals surface area contributed by atoms with Crippen LogP contribution in [0.25, 0.3) is 0 Å². The van der Waals surface area contributed by atoms with Crippen LogP contribution in [-0.4, -0.2) is 27.0 Å². The van der Waals surface area contributed by atoms with E-state index in [1.54, 1.807) is 23.9 Å². The summed E-state index contributed by atoms with van der Waals surface area (Å²) in [5.41, 5.74) is 1.54. The molecular formula is C19H23N3O3S. The van der Waals surface area contributed by atoms with Crippen molar-refractivity contribution in [2.24, 2.45) is 4.99 Å².